The van der Waals surface area contributed by atoms with Crippen molar-refractivity contribution < 1.29 is 19.2 Å². The second-order valence-electron chi connectivity index (χ2n) is 5.12. The first kappa shape index (κ1) is 13.6. The van der Waals surface area contributed by atoms with Crippen molar-refractivity contribution in [1.29, 1.82) is 0 Å². The van der Waals surface area contributed by atoms with Gasteiger partial charge in [-0.15, -0.1) is 0 Å². The molecular formula is C13H18N2O4. The van der Waals surface area contributed by atoms with Crippen molar-refractivity contribution in [3.8, 4) is 0 Å². The van der Waals surface area contributed by atoms with Crippen LogP contribution in [0, 0.1) is 24.7 Å². The summed E-state index contributed by atoms with van der Waals surface area (Å²) in [6.45, 7) is 3.77. The minimum Gasteiger partial charge on any atom is -0.481 e. The first-order valence-corrected chi connectivity index (χ1v) is 6.48. The van der Waals surface area contributed by atoms with Crippen molar-refractivity contribution in [1.82, 2.24) is 5.16 Å². The highest BCUT2D eigenvalue weighted by atomic mass is 16.5. The van der Waals surface area contributed by atoms with Gasteiger partial charge in [0.25, 0.3) is 0 Å². The molecule has 1 amide bonds. The Kier molecular flexibility index (Phi) is 3.87. The van der Waals surface area contributed by atoms with Gasteiger partial charge in [-0.05, 0) is 25.7 Å². The lowest BCUT2D eigenvalue weighted by atomic mass is 9.95. The number of aliphatic carboxylic acids is 1. The summed E-state index contributed by atoms with van der Waals surface area (Å²) in [5.41, 5.74) is 0.669. The number of carbonyl (C=O) groups excluding carboxylic acids is 1. The molecule has 0 bridgehead atoms. The topological polar surface area (TPSA) is 92.4 Å². The molecule has 1 fully saturated rings. The molecule has 1 saturated carbocycles. The van der Waals surface area contributed by atoms with Gasteiger partial charge in [0.1, 0.15) is 0 Å². The normalized spacial score (nSPS) is 26.3. The predicted molar refractivity (Wildman–Crippen MR) is 67.5 cm³/mol. The lowest BCUT2D eigenvalue weighted by Gasteiger charge is -2.13. The van der Waals surface area contributed by atoms with Gasteiger partial charge in [-0.25, -0.2) is 0 Å². The van der Waals surface area contributed by atoms with Crippen molar-refractivity contribution in [3.05, 3.63) is 11.8 Å². The molecule has 3 unspecified atom stereocenters. The van der Waals surface area contributed by atoms with Gasteiger partial charge in [0.2, 0.25) is 11.8 Å². The van der Waals surface area contributed by atoms with Gasteiger partial charge < -0.3 is 9.63 Å². The fraction of sp³-hybridized carbons (Fsp3) is 0.615. The maximum atomic E-state index is 12.1. The van der Waals surface area contributed by atoms with Crippen LogP contribution in [-0.4, -0.2) is 22.1 Å². The third-order valence-electron chi connectivity index (χ3n) is 3.77. The summed E-state index contributed by atoms with van der Waals surface area (Å²) < 4.78 is 4.91. The second kappa shape index (κ2) is 5.42. The monoisotopic (exact) mass is 266 g/mol. The molecule has 1 aromatic heterocycles. The van der Waals surface area contributed by atoms with Crippen molar-refractivity contribution >= 4 is 17.8 Å². The predicted octanol–water partition coefficient (Wildman–Crippen LogP) is 2.06. The van der Waals surface area contributed by atoms with Crippen molar-refractivity contribution in [2.75, 3.05) is 5.32 Å². The van der Waals surface area contributed by atoms with Crippen LogP contribution >= 0.6 is 0 Å². The Bertz CT molecular complexity index is 483. The van der Waals surface area contributed by atoms with Gasteiger partial charge in [-0.3, -0.25) is 14.9 Å². The van der Waals surface area contributed by atoms with Crippen LogP contribution in [0.5, 0.6) is 0 Å². The number of hydrogen-bond acceptors (Lipinski definition) is 4. The number of nitrogens with zero attached hydrogens (tertiary/aromatic N) is 1. The number of amides is 1. The van der Waals surface area contributed by atoms with Gasteiger partial charge in [0.15, 0.2) is 0 Å². The number of hydrogen-bond donors (Lipinski definition) is 2. The molecule has 3 atom stereocenters. The molecule has 1 aromatic rings. The van der Waals surface area contributed by atoms with Gasteiger partial charge in [-0.1, -0.05) is 18.5 Å². The van der Waals surface area contributed by atoms with E-state index in [2.05, 4.69) is 10.5 Å². The number of rotatable bonds is 4. The largest absolute Gasteiger partial charge is 0.481 e. The van der Waals surface area contributed by atoms with E-state index in [4.69, 9.17) is 4.52 Å². The molecule has 2 rings (SSSR count). The fourth-order valence-electron chi connectivity index (χ4n) is 2.68. The summed E-state index contributed by atoms with van der Waals surface area (Å²) >= 11 is 0. The van der Waals surface area contributed by atoms with Crippen LogP contribution in [0.1, 0.15) is 31.9 Å². The molecule has 1 heterocycles. The maximum absolute atomic E-state index is 12.1. The van der Waals surface area contributed by atoms with E-state index in [9.17, 15) is 14.7 Å². The maximum Gasteiger partial charge on any atom is 0.307 e. The summed E-state index contributed by atoms with van der Waals surface area (Å²) in [6, 6.07) is 1.61. The van der Waals surface area contributed by atoms with Gasteiger partial charge >= 0.3 is 5.97 Å². The van der Waals surface area contributed by atoms with Crippen LogP contribution < -0.4 is 5.32 Å². The molecule has 0 spiro atoms. The number of aryl methyl sites for hydroxylation is 1. The number of nitrogens with one attached hydrogen (secondary N) is 1. The smallest absolute Gasteiger partial charge is 0.307 e. The van der Waals surface area contributed by atoms with Gasteiger partial charge in [-0.2, -0.15) is 0 Å². The van der Waals surface area contributed by atoms with Crippen molar-refractivity contribution in [2.45, 2.75) is 33.1 Å². The summed E-state index contributed by atoms with van der Waals surface area (Å²) in [5, 5.41) is 15.5. The quantitative estimate of drug-likeness (QED) is 0.870. The average molecular weight is 266 g/mol. The summed E-state index contributed by atoms with van der Waals surface area (Å²) in [6.07, 6.45) is 2.08. The molecule has 1 aliphatic carbocycles. The summed E-state index contributed by atoms with van der Waals surface area (Å²) in [7, 11) is 0. The Labute approximate surface area is 111 Å². The molecule has 0 saturated heterocycles. The van der Waals surface area contributed by atoms with E-state index < -0.39 is 17.8 Å². The zero-order valence-electron chi connectivity index (χ0n) is 11.0. The van der Waals surface area contributed by atoms with Crippen LogP contribution in [0.25, 0.3) is 0 Å². The highest BCUT2D eigenvalue weighted by Gasteiger charge is 2.42. The first-order valence-electron chi connectivity index (χ1n) is 6.48. The lowest BCUT2D eigenvalue weighted by Crippen LogP contribution is -2.29. The highest BCUT2D eigenvalue weighted by molar-refractivity contribution is 5.94. The summed E-state index contributed by atoms with van der Waals surface area (Å²) in [4.78, 5) is 23.4. The number of carboxylic acid groups (broad SMARTS) is 1. The second-order valence-corrected chi connectivity index (χ2v) is 5.12. The van der Waals surface area contributed by atoms with Crippen molar-refractivity contribution in [3.63, 3.8) is 0 Å². The van der Waals surface area contributed by atoms with Crippen molar-refractivity contribution in [2.24, 2.45) is 17.8 Å². The highest BCUT2D eigenvalue weighted by Crippen LogP contribution is 2.39. The van der Waals surface area contributed by atoms with E-state index in [1.54, 1.807) is 13.0 Å². The third-order valence-corrected chi connectivity index (χ3v) is 3.77. The molecule has 104 valence electrons. The van der Waals surface area contributed by atoms with Crippen LogP contribution in [0.15, 0.2) is 10.6 Å². The third kappa shape index (κ3) is 2.94. The molecule has 2 N–H and O–H groups in total. The Hall–Kier alpha value is -1.85. The van der Waals surface area contributed by atoms with E-state index in [1.165, 1.54) is 0 Å². The van der Waals surface area contributed by atoms with Crippen LogP contribution in [0.2, 0.25) is 0 Å². The van der Waals surface area contributed by atoms with Gasteiger partial charge in [0.05, 0.1) is 17.5 Å². The minimum absolute atomic E-state index is 0.270. The average Bonchev–Trinajstić information content (AvgIpc) is 2.95. The molecule has 19 heavy (non-hydrogen) atoms. The Morgan fingerprint density at radius 2 is 2.16 bits per heavy atom. The molecular weight excluding hydrogens is 248 g/mol. The minimum atomic E-state index is -0.898. The zero-order valence-corrected chi connectivity index (χ0v) is 11.0. The van der Waals surface area contributed by atoms with E-state index in [0.717, 1.165) is 6.42 Å². The van der Waals surface area contributed by atoms with E-state index in [0.29, 0.717) is 24.5 Å². The van der Waals surface area contributed by atoms with E-state index >= 15 is 0 Å². The van der Waals surface area contributed by atoms with Crippen LogP contribution in [-0.2, 0) is 9.59 Å². The first-order chi connectivity index (χ1) is 9.01. The Balaban J connectivity index is 2.06. The van der Waals surface area contributed by atoms with Crippen LogP contribution in [0.3, 0.4) is 0 Å². The molecule has 6 heteroatoms. The summed E-state index contributed by atoms with van der Waals surface area (Å²) in [5.74, 6) is -1.72. The fourth-order valence-corrected chi connectivity index (χ4v) is 2.68. The lowest BCUT2D eigenvalue weighted by molar-refractivity contribution is -0.145. The SMILES string of the molecule is CCC1CC(C(=O)O)C(C(=O)Nc2cc(C)no2)C1. The van der Waals surface area contributed by atoms with E-state index in [-0.39, 0.29) is 11.8 Å². The molecule has 1 aliphatic rings. The number of aromatic nitrogens is 1. The molecule has 0 aromatic carbocycles. The Morgan fingerprint density at radius 1 is 1.47 bits per heavy atom. The standard InChI is InChI=1S/C13H18N2O4/c1-3-8-5-9(10(6-8)13(17)18)12(16)14-11-4-7(2)15-19-11/h4,8-10H,3,5-6H2,1-2H3,(H,14,16)(H,17,18). The van der Waals surface area contributed by atoms with E-state index in [1.807, 2.05) is 6.92 Å². The van der Waals surface area contributed by atoms with Crippen LogP contribution in [0.4, 0.5) is 5.88 Å². The van der Waals surface area contributed by atoms with Gasteiger partial charge in [0, 0.05) is 6.07 Å². The number of carboxylic acids is 1. The molecule has 0 radical (unpaired) electrons. The number of anilines is 1. The number of carbonyl (C=O) groups is 2. The Morgan fingerprint density at radius 3 is 2.68 bits per heavy atom. The molecule has 0 aliphatic heterocycles. The zero-order chi connectivity index (χ0) is 14.0. The molecule has 6 nitrogen and oxygen atoms in total.